The Morgan fingerprint density at radius 2 is 1.85 bits per heavy atom. The molecule has 1 amide bonds. The molecule has 7 heteroatoms. The third kappa shape index (κ3) is 4.62. The van der Waals surface area contributed by atoms with Crippen molar-refractivity contribution in [3.63, 3.8) is 0 Å². The van der Waals surface area contributed by atoms with Gasteiger partial charge < -0.3 is 14.4 Å². The molecule has 33 heavy (non-hydrogen) atoms. The number of benzene rings is 2. The Morgan fingerprint density at radius 3 is 2.55 bits per heavy atom. The van der Waals surface area contributed by atoms with Crippen LogP contribution in [0.15, 0.2) is 48.7 Å². The summed E-state index contributed by atoms with van der Waals surface area (Å²) in [4.78, 5) is 28.2. The molecule has 0 unspecified atom stereocenters. The lowest BCUT2D eigenvalue weighted by atomic mass is 9.91. The average Bonchev–Trinajstić information content (AvgIpc) is 3.36. The maximum atomic E-state index is 13.2. The Hall–Kier alpha value is -3.61. The Labute approximate surface area is 193 Å². The first kappa shape index (κ1) is 22.6. The summed E-state index contributed by atoms with van der Waals surface area (Å²) in [6, 6.07) is 11.9. The van der Waals surface area contributed by atoms with E-state index in [1.807, 2.05) is 11.1 Å². The summed E-state index contributed by atoms with van der Waals surface area (Å²) in [5, 5.41) is 7.33. The average molecular weight is 448 g/mol. The quantitative estimate of drug-likeness (QED) is 0.548. The van der Waals surface area contributed by atoms with E-state index in [4.69, 9.17) is 9.47 Å². The lowest BCUT2D eigenvalue weighted by Gasteiger charge is -2.32. The summed E-state index contributed by atoms with van der Waals surface area (Å²) in [7, 11) is 3.08. The Bertz CT molecular complexity index is 1140. The summed E-state index contributed by atoms with van der Waals surface area (Å²) in [5.41, 5.74) is 3.83. The molecular formula is C26H29N3O4. The monoisotopic (exact) mass is 447 g/mol. The second-order valence-electron chi connectivity index (χ2n) is 8.23. The molecule has 1 aliphatic heterocycles. The first-order valence-electron chi connectivity index (χ1n) is 11.2. The minimum Gasteiger partial charge on any atom is -0.497 e. The molecule has 0 spiro atoms. The van der Waals surface area contributed by atoms with Gasteiger partial charge in [-0.2, -0.15) is 5.10 Å². The Balaban J connectivity index is 1.50. The molecule has 0 radical (unpaired) electrons. The van der Waals surface area contributed by atoms with Gasteiger partial charge in [0.15, 0.2) is 5.78 Å². The fraction of sp³-hybridized carbons (Fsp3) is 0.346. The van der Waals surface area contributed by atoms with E-state index in [-0.39, 0.29) is 17.6 Å². The molecule has 4 rings (SSSR count). The van der Waals surface area contributed by atoms with Gasteiger partial charge in [-0.25, -0.2) is 0 Å². The molecule has 0 bridgehead atoms. The first-order valence-corrected chi connectivity index (χ1v) is 11.2. The smallest absolute Gasteiger partial charge is 0.253 e. The summed E-state index contributed by atoms with van der Waals surface area (Å²) < 4.78 is 10.6. The molecule has 7 nitrogen and oxygen atoms in total. The van der Waals surface area contributed by atoms with Crippen LogP contribution in [0.4, 0.5) is 0 Å². The van der Waals surface area contributed by atoms with Crippen LogP contribution in [-0.2, 0) is 6.42 Å². The largest absolute Gasteiger partial charge is 0.497 e. The number of methoxy groups -OCH3 is 2. The molecule has 2 aromatic carbocycles. The van der Waals surface area contributed by atoms with Gasteiger partial charge in [-0.05, 0) is 55.2 Å². The van der Waals surface area contributed by atoms with E-state index < -0.39 is 0 Å². The number of nitrogens with one attached hydrogen (secondary N) is 1. The van der Waals surface area contributed by atoms with Crippen molar-refractivity contribution in [2.45, 2.75) is 32.1 Å². The predicted molar refractivity (Wildman–Crippen MR) is 125 cm³/mol. The van der Waals surface area contributed by atoms with E-state index >= 15 is 0 Å². The van der Waals surface area contributed by atoms with Gasteiger partial charge in [-0.3, -0.25) is 14.7 Å². The highest BCUT2D eigenvalue weighted by molar-refractivity contribution is 6.11. The van der Waals surface area contributed by atoms with Crippen LogP contribution in [-0.4, -0.2) is 54.1 Å². The van der Waals surface area contributed by atoms with Crippen molar-refractivity contribution in [2.24, 2.45) is 0 Å². The highest BCUT2D eigenvalue weighted by atomic mass is 16.5. The molecule has 1 atom stereocenters. The Kier molecular flexibility index (Phi) is 6.77. The van der Waals surface area contributed by atoms with Crippen molar-refractivity contribution < 1.29 is 19.1 Å². The highest BCUT2D eigenvalue weighted by Crippen LogP contribution is 2.29. The second kappa shape index (κ2) is 9.90. The number of likely N-dealkylation sites (tertiary alicyclic amines) is 1. The zero-order chi connectivity index (χ0) is 23.4. The molecule has 0 saturated carbocycles. The van der Waals surface area contributed by atoms with E-state index in [1.165, 1.54) is 12.7 Å². The number of aromatic amines is 1. The molecular weight excluding hydrogens is 418 g/mol. The van der Waals surface area contributed by atoms with Crippen molar-refractivity contribution in [3.05, 3.63) is 76.6 Å². The van der Waals surface area contributed by atoms with Crippen molar-refractivity contribution in [3.8, 4) is 11.5 Å². The van der Waals surface area contributed by atoms with E-state index in [9.17, 15) is 9.59 Å². The zero-order valence-electron chi connectivity index (χ0n) is 19.3. The lowest BCUT2D eigenvalue weighted by molar-refractivity contribution is 0.0705. The standard InChI is InChI=1S/C26H29N3O4/c1-4-17-15-27-28-24(17)20-6-5-13-29(16-20)26(31)19-9-7-18(8-10-19)25(30)22-14-21(32-2)11-12-23(22)33-3/h7-12,14-15,20H,4-6,13,16H2,1-3H3,(H,27,28)/t20-/m1/s1. The molecule has 1 aromatic heterocycles. The minimum atomic E-state index is -0.186. The highest BCUT2D eigenvalue weighted by Gasteiger charge is 2.28. The molecule has 172 valence electrons. The van der Waals surface area contributed by atoms with Gasteiger partial charge in [0.05, 0.1) is 26.0 Å². The summed E-state index contributed by atoms with van der Waals surface area (Å²) >= 11 is 0. The van der Waals surface area contributed by atoms with Crippen molar-refractivity contribution in [1.29, 1.82) is 0 Å². The van der Waals surface area contributed by atoms with Gasteiger partial charge in [-0.15, -0.1) is 0 Å². The van der Waals surface area contributed by atoms with Gasteiger partial charge >= 0.3 is 0 Å². The van der Waals surface area contributed by atoms with Crippen molar-refractivity contribution in [2.75, 3.05) is 27.3 Å². The van der Waals surface area contributed by atoms with Crippen molar-refractivity contribution >= 4 is 11.7 Å². The number of hydrogen-bond acceptors (Lipinski definition) is 5. The number of rotatable bonds is 7. The predicted octanol–water partition coefficient (Wildman–Crippen LogP) is 4.24. The zero-order valence-corrected chi connectivity index (χ0v) is 19.3. The molecule has 3 aromatic rings. The van der Waals surface area contributed by atoms with Gasteiger partial charge in [0, 0.05) is 35.8 Å². The molecule has 1 saturated heterocycles. The van der Waals surface area contributed by atoms with Gasteiger partial charge in [0.2, 0.25) is 0 Å². The first-order chi connectivity index (χ1) is 16.0. The molecule has 2 heterocycles. The molecule has 1 fully saturated rings. The van der Waals surface area contributed by atoms with E-state index in [0.29, 0.717) is 34.7 Å². The number of aromatic nitrogens is 2. The molecule has 1 N–H and O–H groups in total. The number of nitrogens with zero attached hydrogens (tertiary/aromatic N) is 2. The number of hydrogen-bond donors (Lipinski definition) is 1. The summed E-state index contributed by atoms with van der Waals surface area (Å²) in [5.74, 6) is 1.12. The number of piperidine rings is 1. The van der Waals surface area contributed by atoms with Crippen molar-refractivity contribution in [1.82, 2.24) is 15.1 Å². The fourth-order valence-corrected chi connectivity index (χ4v) is 4.45. The fourth-order valence-electron chi connectivity index (χ4n) is 4.45. The SMILES string of the molecule is CCc1cn[nH]c1[C@@H]1CCCN(C(=O)c2ccc(C(=O)c3cc(OC)ccc3OC)cc2)C1. The maximum Gasteiger partial charge on any atom is 0.253 e. The van der Waals surface area contributed by atoms with Crippen LogP contribution in [0.3, 0.4) is 0 Å². The molecule has 1 aliphatic rings. The van der Waals surface area contributed by atoms with Crippen LogP contribution in [0.25, 0.3) is 0 Å². The van der Waals surface area contributed by atoms with Crippen LogP contribution in [0, 0.1) is 0 Å². The van der Waals surface area contributed by atoms with Crippen LogP contribution < -0.4 is 9.47 Å². The number of carbonyl (C=O) groups excluding carboxylic acids is 2. The number of H-pyrrole nitrogens is 1. The number of carbonyl (C=O) groups is 2. The molecule has 0 aliphatic carbocycles. The number of ether oxygens (including phenoxy) is 2. The van der Waals surface area contributed by atoms with E-state index in [1.54, 1.807) is 49.6 Å². The van der Waals surface area contributed by atoms with Gasteiger partial charge in [-0.1, -0.05) is 19.1 Å². The van der Waals surface area contributed by atoms with Crippen LogP contribution >= 0.6 is 0 Å². The lowest BCUT2D eigenvalue weighted by Crippen LogP contribution is -2.39. The number of ketones is 1. The number of aryl methyl sites for hydroxylation is 1. The summed E-state index contributed by atoms with van der Waals surface area (Å²) in [6.07, 6.45) is 4.78. The van der Waals surface area contributed by atoms with Crippen LogP contribution in [0.1, 0.15) is 63.2 Å². The topological polar surface area (TPSA) is 84.5 Å². The Morgan fingerprint density at radius 1 is 1.09 bits per heavy atom. The summed E-state index contributed by atoms with van der Waals surface area (Å²) in [6.45, 7) is 3.51. The van der Waals surface area contributed by atoms with E-state index in [2.05, 4.69) is 17.1 Å². The van der Waals surface area contributed by atoms with Crippen LogP contribution in [0.5, 0.6) is 11.5 Å². The normalized spacial score (nSPS) is 15.8. The second-order valence-corrected chi connectivity index (χ2v) is 8.23. The maximum absolute atomic E-state index is 13.2. The van der Waals surface area contributed by atoms with Crippen LogP contribution in [0.2, 0.25) is 0 Å². The third-order valence-electron chi connectivity index (χ3n) is 6.29. The van der Waals surface area contributed by atoms with E-state index in [0.717, 1.165) is 31.5 Å². The van der Waals surface area contributed by atoms with Gasteiger partial charge in [0.1, 0.15) is 11.5 Å². The number of amides is 1. The minimum absolute atomic E-state index is 0.0183. The van der Waals surface area contributed by atoms with Gasteiger partial charge in [0.25, 0.3) is 5.91 Å². The third-order valence-corrected chi connectivity index (χ3v) is 6.29.